The maximum Gasteiger partial charge on any atom is 0.237 e. The van der Waals surface area contributed by atoms with E-state index in [-0.39, 0.29) is 11.9 Å². The molecule has 0 aromatic heterocycles. The number of amides is 1. The smallest absolute Gasteiger partial charge is 0.237 e. The quantitative estimate of drug-likeness (QED) is 0.772. The van der Waals surface area contributed by atoms with E-state index < -0.39 is 0 Å². The number of nitrogens with zero attached hydrogens (tertiary/aromatic N) is 1. The molecule has 0 radical (unpaired) electrons. The van der Waals surface area contributed by atoms with Crippen LogP contribution in [-0.4, -0.2) is 57.2 Å². The molecule has 1 aromatic carbocycles. The lowest BCUT2D eigenvalue weighted by Gasteiger charge is -2.33. The highest BCUT2D eigenvalue weighted by Crippen LogP contribution is 2.41. The van der Waals surface area contributed by atoms with E-state index in [1.807, 2.05) is 18.2 Å². The van der Waals surface area contributed by atoms with Crippen LogP contribution in [0.3, 0.4) is 0 Å². The number of carbonyl (C=O) groups excluding carboxylic acids is 1. The Bertz CT molecular complexity index is 584. The van der Waals surface area contributed by atoms with E-state index in [0.717, 1.165) is 51.2 Å². The minimum Gasteiger partial charge on any atom is -0.496 e. The van der Waals surface area contributed by atoms with Crippen molar-refractivity contribution in [2.75, 3.05) is 40.3 Å². The average Bonchev–Trinajstić information content (AvgIpc) is 2.95. The van der Waals surface area contributed by atoms with Gasteiger partial charge in [-0.1, -0.05) is 18.2 Å². The van der Waals surface area contributed by atoms with Gasteiger partial charge in [-0.05, 0) is 69.3 Å². The predicted molar refractivity (Wildman–Crippen MR) is 99.9 cm³/mol. The van der Waals surface area contributed by atoms with Crippen LogP contribution in [0.4, 0.5) is 0 Å². The van der Waals surface area contributed by atoms with Crippen LogP contribution < -0.4 is 15.4 Å². The zero-order chi connectivity index (χ0) is 17.7. The molecule has 5 heteroatoms. The second-order valence-electron chi connectivity index (χ2n) is 7.59. The maximum absolute atomic E-state index is 12.6. The van der Waals surface area contributed by atoms with Gasteiger partial charge in [0.1, 0.15) is 5.75 Å². The molecular weight excluding hydrogens is 314 g/mol. The fraction of sp³-hybridized carbons (Fsp3) is 0.650. The summed E-state index contributed by atoms with van der Waals surface area (Å²) in [6, 6.07) is 8.12. The number of aryl methyl sites for hydroxylation is 1. The number of likely N-dealkylation sites (tertiary alicyclic amines) is 1. The Morgan fingerprint density at radius 3 is 2.88 bits per heavy atom. The molecule has 1 atom stereocenters. The normalized spacial score (nSPS) is 22.9. The second kappa shape index (κ2) is 8.19. The van der Waals surface area contributed by atoms with Crippen molar-refractivity contribution in [1.82, 2.24) is 15.5 Å². The number of likely N-dealkylation sites (N-methyl/N-ethyl adjacent to an activating group) is 1. The van der Waals surface area contributed by atoms with E-state index >= 15 is 0 Å². The molecule has 1 amide bonds. The molecule has 2 aliphatic heterocycles. The zero-order valence-electron chi connectivity index (χ0n) is 15.5. The van der Waals surface area contributed by atoms with Gasteiger partial charge in [-0.25, -0.2) is 0 Å². The Labute approximate surface area is 151 Å². The predicted octanol–water partition coefficient (Wildman–Crippen LogP) is 1.82. The van der Waals surface area contributed by atoms with E-state index in [2.05, 4.69) is 28.6 Å². The third-order valence-electron chi connectivity index (χ3n) is 5.82. The average molecular weight is 345 g/mol. The van der Waals surface area contributed by atoms with Crippen molar-refractivity contribution in [3.8, 4) is 5.75 Å². The number of benzene rings is 1. The molecule has 2 fully saturated rings. The highest BCUT2D eigenvalue weighted by molar-refractivity contribution is 5.82. The second-order valence-corrected chi connectivity index (χ2v) is 7.59. The van der Waals surface area contributed by atoms with E-state index in [1.54, 1.807) is 7.11 Å². The van der Waals surface area contributed by atoms with E-state index in [4.69, 9.17) is 4.74 Å². The molecule has 2 heterocycles. The minimum atomic E-state index is 0.0318. The minimum absolute atomic E-state index is 0.0318. The monoisotopic (exact) mass is 345 g/mol. The van der Waals surface area contributed by atoms with Crippen LogP contribution in [0.1, 0.15) is 31.2 Å². The van der Waals surface area contributed by atoms with Gasteiger partial charge < -0.3 is 15.4 Å². The SMILES string of the molecule is COc1ccccc1CCCNC(=O)[C@@H]1CC2(CCNCC2)CN1C. The molecule has 2 aliphatic rings. The number of hydrogen-bond acceptors (Lipinski definition) is 4. The van der Waals surface area contributed by atoms with Crippen LogP contribution in [0.5, 0.6) is 5.75 Å². The van der Waals surface area contributed by atoms with Crippen molar-refractivity contribution >= 4 is 5.91 Å². The lowest BCUT2D eigenvalue weighted by molar-refractivity contribution is -0.125. The van der Waals surface area contributed by atoms with Gasteiger partial charge in [-0.3, -0.25) is 9.69 Å². The van der Waals surface area contributed by atoms with Crippen LogP contribution in [0.15, 0.2) is 24.3 Å². The Balaban J connectivity index is 1.45. The molecule has 0 aliphatic carbocycles. The van der Waals surface area contributed by atoms with Crippen LogP contribution >= 0.6 is 0 Å². The Morgan fingerprint density at radius 1 is 1.36 bits per heavy atom. The number of carbonyl (C=O) groups is 1. The van der Waals surface area contributed by atoms with Gasteiger partial charge in [0, 0.05) is 13.1 Å². The van der Waals surface area contributed by atoms with Gasteiger partial charge in [0.25, 0.3) is 0 Å². The van der Waals surface area contributed by atoms with Crippen molar-refractivity contribution in [2.24, 2.45) is 5.41 Å². The standard InChI is InChI=1S/C20H31N3O2/c1-23-15-20(9-12-21-13-10-20)14-17(23)19(24)22-11-5-7-16-6-3-4-8-18(16)25-2/h3-4,6,8,17,21H,5,7,9-15H2,1-2H3,(H,22,24)/t17-/m0/s1. The van der Waals surface area contributed by atoms with E-state index in [9.17, 15) is 4.79 Å². The van der Waals surface area contributed by atoms with Crippen molar-refractivity contribution in [3.63, 3.8) is 0 Å². The van der Waals surface area contributed by atoms with Crippen molar-refractivity contribution in [1.29, 1.82) is 0 Å². The third-order valence-corrected chi connectivity index (χ3v) is 5.82. The van der Waals surface area contributed by atoms with Gasteiger partial charge in [-0.2, -0.15) is 0 Å². The first kappa shape index (κ1) is 18.2. The van der Waals surface area contributed by atoms with Gasteiger partial charge in [0.2, 0.25) is 5.91 Å². The number of piperidine rings is 1. The molecule has 2 saturated heterocycles. The molecule has 1 aromatic rings. The zero-order valence-corrected chi connectivity index (χ0v) is 15.5. The van der Waals surface area contributed by atoms with Crippen LogP contribution in [-0.2, 0) is 11.2 Å². The fourth-order valence-corrected chi connectivity index (χ4v) is 4.40. The lowest BCUT2D eigenvalue weighted by atomic mass is 9.77. The van der Waals surface area contributed by atoms with E-state index in [0.29, 0.717) is 5.41 Å². The molecular formula is C20H31N3O2. The largest absolute Gasteiger partial charge is 0.496 e. The van der Waals surface area contributed by atoms with Crippen molar-refractivity contribution in [2.45, 2.75) is 38.1 Å². The summed E-state index contributed by atoms with van der Waals surface area (Å²) in [5, 5.41) is 6.58. The molecule has 5 nitrogen and oxygen atoms in total. The summed E-state index contributed by atoms with van der Waals surface area (Å²) in [6.45, 7) is 3.94. The summed E-state index contributed by atoms with van der Waals surface area (Å²) in [4.78, 5) is 14.9. The highest BCUT2D eigenvalue weighted by atomic mass is 16.5. The van der Waals surface area contributed by atoms with Crippen molar-refractivity contribution < 1.29 is 9.53 Å². The number of rotatable bonds is 6. The fourth-order valence-electron chi connectivity index (χ4n) is 4.40. The molecule has 3 rings (SSSR count). The molecule has 2 N–H and O–H groups in total. The van der Waals surface area contributed by atoms with Gasteiger partial charge in [0.05, 0.1) is 13.2 Å². The molecule has 138 valence electrons. The number of para-hydroxylation sites is 1. The van der Waals surface area contributed by atoms with Crippen LogP contribution in [0, 0.1) is 5.41 Å². The molecule has 0 saturated carbocycles. The number of methoxy groups -OCH3 is 1. The summed E-state index contributed by atoms with van der Waals surface area (Å²) in [6.07, 6.45) is 5.23. The molecule has 0 unspecified atom stereocenters. The Morgan fingerprint density at radius 2 is 2.12 bits per heavy atom. The summed E-state index contributed by atoms with van der Waals surface area (Å²) in [5.74, 6) is 1.12. The molecule has 0 bridgehead atoms. The summed E-state index contributed by atoms with van der Waals surface area (Å²) in [7, 11) is 3.79. The lowest BCUT2D eigenvalue weighted by Crippen LogP contribution is -2.41. The number of nitrogens with one attached hydrogen (secondary N) is 2. The first-order valence-electron chi connectivity index (χ1n) is 9.44. The van der Waals surface area contributed by atoms with Crippen LogP contribution in [0.2, 0.25) is 0 Å². The highest BCUT2D eigenvalue weighted by Gasteiger charge is 2.45. The summed E-state index contributed by atoms with van der Waals surface area (Å²) in [5.41, 5.74) is 1.55. The molecule has 1 spiro atoms. The van der Waals surface area contributed by atoms with Crippen molar-refractivity contribution in [3.05, 3.63) is 29.8 Å². The van der Waals surface area contributed by atoms with E-state index in [1.165, 1.54) is 18.4 Å². The van der Waals surface area contributed by atoms with Crippen LogP contribution in [0.25, 0.3) is 0 Å². The topological polar surface area (TPSA) is 53.6 Å². The first-order chi connectivity index (χ1) is 12.1. The third kappa shape index (κ3) is 4.33. The van der Waals surface area contributed by atoms with Gasteiger partial charge in [0.15, 0.2) is 0 Å². The summed E-state index contributed by atoms with van der Waals surface area (Å²) >= 11 is 0. The maximum atomic E-state index is 12.6. The summed E-state index contributed by atoms with van der Waals surface area (Å²) < 4.78 is 5.38. The Kier molecular flexibility index (Phi) is 5.97. The number of hydrogen-bond donors (Lipinski definition) is 2. The van der Waals surface area contributed by atoms with Gasteiger partial charge >= 0.3 is 0 Å². The molecule has 25 heavy (non-hydrogen) atoms. The van der Waals surface area contributed by atoms with Gasteiger partial charge in [-0.15, -0.1) is 0 Å². The first-order valence-corrected chi connectivity index (χ1v) is 9.44. The number of ether oxygens (including phenoxy) is 1. The Hall–Kier alpha value is -1.59.